The van der Waals surface area contributed by atoms with Gasteiger partial charge in [-0.05, 0) is 5.56 Å². The third-order valence-corrected chi connectivity index (χ3v) is 2.25. The van der Waals surface area contributed by atoms with E-state index >= 15 is 0 Å². The Balaban J connectivity index is 2.11. The highest BCUT2D eigenvalue weighted by atomic mass is 16.6. The quantitative estimate of drug-likeness (QED) is 0.681. The van der Waals surface area contributed by atoms with Crippen LogP contribution in [0.25, 0.3) is 0 Å². The van der Waals surface area contributed by atoms with Crippen molar-refractivity contribution in [1.82, 2.24) is 0 Å². The number of ether oxygens (including phenoxy) is 1. The van der Waals surface area contributed by atoms with Gasteiger partial charge in [-0.1, -0.05) is 30.3 Å². The van der Waals surface area contributed by atoms with Crippen LogP contribution >= 0.6 is 0 Å². The molecule has 0 aromatic heterocycles. The molecular formula is C10H12O2. The van der Waals surface area contributed by atoms with E-state index in [1.54, 1.807) is 0 Å². The topological polar surface area (TPSA) is 29.5 Å². The Morgan fingerprint density at radius 3 is 2.58 bits per heavy atom. The van der Waals surface area contributed by atoms with Gasteiger partial charge in [0.15, 0.2) is 6.29 Å². The summed E-state index contributed by atoms with van der Waals surface area (Å²) in [5.41, 5.74) is 1.26. The van der Waals surface area contributed by atoms with Crippen LogP contribution in [0.15, 0.2) is 30.3 Å². The van der Waals surface area contributed by atoms with Gasteiger partial charge in [0.1, 0.15) is 0 Å². The molecule has 1 saturated heterocycles. The highest BCUT2D eigenvalue weighted by molar-refractivity contribution is 5.20. The second-order valence-electron chi connectivity index (χ2n) is 3.13. The summed E-state index contributed by atoms with van der Waals surface area (Å²) in [6.07, 6.45) is 0.166. The molecule has 1 N–H and O–H groups in total. The Labute approximate surface area is 71.8 Å². The van der Waals surface area contributed by atoms with E-state index in [-0.39, 0.29) is 0 Å². The lowest BCUT2D eigenvalue weighted by Gasteiger charge is -2.05. The molecule has 1 aliphatic heterocycles. The lowest BCUT2D eigenvalue weighted by Crippen LogP contribution is -2.00. The van der Waals surface area contributed by atoms with Crippen molar-refractivity contribution >= 4 is 0 Å². The summed E-state index contributed by atoms with van der Waals surface area (Å²) in [7, 11) is 0. The summed E-state index contributed by atoms with van der Waals surface area (Å²) in [5.74, 6) is 0.376. The number of aliphatic hydroxyl groups is 1. The van der Waals surface area contributed by atoms with E-state index in [0.29, 0.717) is 12.5 Å². The van der Waals surface area contributed by atoms with Crippen molar-refractivity contribution in [3.63, 3.8) is 0 Å². The fraction of sp³-hybridized carbons (Fsp3) is 0.400. The maximum atomic E-state index is 9.14. The van der Waals surface area contributed by atoms with E-state index < -0.39 is 6.29 Å². The predicted octanol–water partition coefficient (Wildman–Crippen LogP) is 1.51. The molecule has 1 aromatic carbocycles. The largest absolute Gasteiger partial charge is 0.368 e. The fourth-order valence-electron chi connectivity index (χ4n) is 1.56. The molecule has 0 amide bonds. The van der Waals surface area contributed by atoms with Crippen molar-refractivity contribution in [3.8, 4) is 0 Å². The van der Waals surface area contributed by atoms with Crippen molar-refractivity contribution in [1.29, 1.82) is 0 Å². The first-order valence-electron chi connectivity index (χ1n) is 4.21. The molecular weight excluding hydrogens is 152 g/mol. The van der Waals surface area contributed by atoms with E-state index in [0.717, 1.165) is 6.42 Å². The number of rotatable bonds is 1. The highest BCUT2D eigenvalue weighted by Gasteiger charge is 2.24. The molecule has 1 aliphatic rings. The number of benzene rings is 1. The smallest absolute Gasteiger partial charge is 0.155 e. The first-order valence-corrected chi connectivity index (χ1v) is 4.21. The van der Waals surface area contributed by atoms with E-state index in [1.165, 1.54) is 5.56 Å². The Bertz CT molecular complexity index is 245. The highest BCUT2D eigenvalue weighted by Crippen LogP contribution is 2.27. The van der Waals surface area contributed by atoms with Gasteiger partial charge >= 0.3 is 0 Å². The average molecular weight is 164 g/mol. The molecule has 2 nitrogen and oxygen atoms in total. The normalized spacial score (nSPS) is 29.1. The molecule has 1 heterocycles. The average Bonchev–Trinajstić information content (AvgIpc) is 2.54. The van der Waals surface area contributed by atoms with Crippen LogP contribution in [0.3, 0.4) is 0 Å². The Kier molecular flexibility index (Phi) is 2.11. The summed E-state index contributed by atoms with van der Waals surface area (Å²) < 4.78 is 5.08. The van der Waals surface area contributed by atoms with Crippen LogP contribution in [-0.2, 0) is 4.74 Å². The zero-order valence-electron chi connectivity index (χ0n) is 6.81. The van der Waals surface area contributed by atoms with Crippen molar-refractivity contribution < 1.29 is 9.84 Å². The molecule has 0 aliphatic carbocycles. The van der Waals surface area contributed by atoms with Crippen LogP contribution in [0.5, 0.6) is 0 Å². The zero-order chi connectivity index (χ0) is 8.39. The fourth-order valence-corrected chi connectivity index (χ4v) is 1.56. The number of aliphatic hydroxyl groups excluding tert-OH is 1. The molecule has 0 spiro atoms. The van der Waals surface area contributed by atoms with Gasteiger partial charge in [0.25, 0.3) is 0 Å². The standard InChI is InChI=1S/C10H12O2/c11-10-6-9(7-12-10)8-4-2-1-3-5-8/h1-5,9-11H,6-7H2. The van der Waals surface area contributed by atoms with Crippen LogP contribution < -0.4 is 0 Å². The molecule has 2 unspecified atom stereocenters. The van der Waals surface area contributed by atoms with Gasteiger partial charge in [0.2, 0.25) is 0 Å². The van der Waals surface area contributed by atoms with Gasteiger partial charge < -0.3 is 9.84 Å². The van der Waals surface area contributed by atoms with E-state index in [9.17, 15) is 0 Å². The number of hydrogen-bond acceptors (Lipinski definition) is 2. The molecule has 0 saturated carbocycles. The third kappa shape index (κ3) is 1.49. The van der Waals surface area contributed by atoms with E-state index in [1.807, 2.05) is 18.2 Å². The summed E-state index contributed by atoms with van der Waals surface area (Å²) in [6, 6.07) is 10.2. The molecule has 1 fully saturated rings. The lowest BCUT2D eigenvalue weighted by atomic mass is 9.98. The summed E-state index contributed by atoms with van der Waals surface area (Å²) in [4.78, 5) is 0. The molecule has 0 bridgehead atoms. The van der Waals surface area contributed by atoms with Crippen molar-refractivity contribution in [2.75, 3.05) is 6.61 Å². The molecule has 2 rings (SSSR count). The third-order valence-electron chi connectivity index (χ3n) is 2.25. The Morgan fingerprint density at radius 2 is 2.00 bits per heavy atom. The van der Waals surface area contributed by atoms with Gasteiger partial charge in [0, 0.05) is 12.3 Å². The Morgan fingerprint density at radius 1 is 1.25 bits per heavy atom. The minimum absolute atomic E-state index is 0.376. The molecule has 0 radical (unpaired) electrons. The monoisotopic (exact) mass is 164 g/mol. The first-order chi connectivity index (χ1) is 5.86. The van der Waals surface area contributed by atoms with Gasteiger partial charge in [0.05, 0.1) is 6.61 Å². The van der Waals surface area contributed by atoms with Gasteiger partial charge in [-0.3, -0.25) is 0 Å². The Hall–Kier alpha value is -0.860. The van der Waals surface area contributed by atoms with Gasteiger partial charge in [-0.2, -0.15) is 0 Å². The van der Waals surface area contributed by atoms with Crippen molar-refractivity contribution in [3.05, 3.63) is 35.9 Å². The van der Waals surface area contributed by atoms with Crippen LogP contribution in [0, 0.1) is 0 Å². The maximum absolute atomic E-state index is 9.14. The van der Waals surface area contributed by atoms with Crippen LogP contribution in [0.2, 0.25) is 0 Å². The predicted molar refractivity (Wildman–Crippen MR) is 45.8 cm³/mol. The maximum Gasteiger partial charge on any atom is 0.155 e. The van der Waals surface area contributed by atoms with Crippen LogP contribution in [0.4, 0.5) is 0 Å². The molecule has 2 atom stereocenters. The van der Waals surface area contributed by atoms with Gasteiger partial charge in [-0.15, -0.1) is 0 Å². The van der Waals surface area contributed by atoms with Crippen LogP contribution in [-0.4, -0.2) is 18.0 Å². The van der Waals surface area contributed by atoms with E-state index in [2.05, 4.69) is 12.1 Å². The summed E-state index contributed by atoms with van der Waals surface area (Å²) >= 11 is 0. The second kappa shape index (κ2) is 3.25. The van der Waals surface area contributed by atoms with E-state index in [4.69, 9.17) is 9.84 Å². The zero-order valence-corrected chi connectivity index (χ0v) is 6.81. The minimum Gasteiger partial charge on any atom is -0.368 e. The van der Waals surface area contributed by atoms with Crippen molar-refractivity contribution in [2.45, 2.75) is 18.6 Å². The lowest BCUT2D eigenvalue weighted by molar-refractivity contribution is -0.0589. The summed E-state index contributed by atoms with van der Waals surface area (Å²) in [6.45, 7) is 0.644. The number of hydrogen-bond donors (Lipinski definition) is 1. The summed E-state index contributed by atoms with van der Waals surface area (Å²) in [5, 5.41) is 9.14. The molecule has 1 aromatic rings. The van der Waals surface area contributed by atoms with Crippen LogP contribution in [0.1, 0.15) is 17.9 Å². The SMILES string of the molecule is OC1CC(c2ccccc2)CO1. The minimum atomic E-state index is -0.560. The second-order valence-corrected chi connectivity index (χ2v) is 3.13. The molecule has 64 valence electrons. The molecule has 12 heavy (non-hydrogen) atoms. The van der Waals surface area contributed by atoms with Crippen molar-refractivity contribution in [2.24, 2.45) is 0 Å². The van der Waals surface area contributed by atoms with Gasteiger partial charge in [-0.25, -0.2) is 0 Å². The first kappa shape index (κ1) is 7.77. The molecule has 2 heteroatoms.